The first-order valence-electron chi connectivity index (χ1n) is 12.1. The average Bonchev–Trinajstić information content (AvgIpc) is 2.93. The van der Waals surface area contributed by atoms with Crippen molar-refractivity contribution < 1.29 is 9.53 Å². The van der Waals surface area contributed by atoms with Crippen molar-refractivity contribution in [1.29, 1.82) is 0 Å². The van der Waals surface area contributed by atoms with Gasteiger partial charge in [0.15, 0.2) is 5.82 Å². The van der Waals surface area contributed by atoms with Crippen molar-refractivity contribution in [2.75, 3.05) is 56.2 Å². The third-order valence-electron chi connectivity index (χ3n) is 6.97. The Bertz CT molecular complexity index is 1140. The second-order valence-corrected chi connectivity index (χ2v) is 9.50. The van der Waals surface area contributed by atoms with Gasteiger partial charge in [-0.2, -0.15) is 0 Å². The monoisotopic (exact) mass is 491 g/mol. The van der Waals surface area contributed by atoms with Crippen LogP contribution in [0.3, 0.4) is 0 Å². The molecule has 2 saturated heterocycles. The Kier molecular flexibility index (Phi) is 7.04. The summed E-state index contributed by atoms with van der Waals surface area (Å²) in [5.41, 5.74) is 2.96. The number of benzene rings is 2. The molecule has 0 aliphatic carbocycles. The summed E-state index contributed by atoms with van der Waals surface area (Å²) in [5, 5.41) is 9.63. The molecule has 3 heterocycles. The van der Waals surface area contributed by atoms with Crippen LogP contribution in [0.2, 0.25) is 5.02 Å². The van der Waals surface area contributed by atoms with Crippen LogP contribution in [-0.4, -0.2) is 67.4 Å². The highest BCUT2D eigenvalue weighted by molar-refractivity contribution is 6.30. The van der Waals surface area contributed by atoms with E-state index in [1.54, 1.807) is 7.11 Å². The van der Waals surface area contributed by atoms with E-state index >= 15 is 0 Å². The molecule has 35 heavy (non-hydrogen) atoms. The predicted molar refractivity (Wildman–Crippen MR) is 139 cm³/mol. The first-order chi connectivity index (χ1) is 17.1. The molecule has 2 aromatic carbocycles. The van der Waals surface area contributed by atoms with Gasteiger partial charge >= 0.3 is 0 Å². The van der Waals surface area contributed by atoms with Gasteiger partial charge in [0.05, 0.1) is 12.8 Å². The fourth-order valence-electron chi connectivity index (χ4n) is 4.88. The zero-order valence-corrected chi connectivity index (χ0v) is 20.7. The molecule has 3 aromatic rings. The first kappa shape index (κ1) is 23.4. The third kappa shape index (κ3) is 5.35. The molecule has 1 amide bonds. The number of amides is 1. The van der Waals surface area contributed by atoms with Crippen molar-refractivity contribution in [3.63, 3.8) is 0 Å². The Hall–Kier alpha value is -3.32. The Balaban J connectivity index is 1.12. The largest absolute Gasteiger partial charge is 0.497 e. The van der Waals surface area contributed by atoms with Gasteiger partial charge in [0.2, 0.25) is 5.91 Å². The molecule has 5 rings (SSSR count). The molecule has 0 spiro atoms. The summed E-state index contributed by atoms with van der Waals surface area (Å²) in [6, 6.07) is 19.7. The molecule has 0 saturated carbocycles. The lowest BCUT2D eigenvalue weighted by molar-refractivity contribution is -0.136. The van der Waals surface area contributed by atoms with Crippen molar-refractivity contribution in [3.8, 4) is 17.0 Å². The van der Waals surface area contributed by atoms with E-state index in [1.807, 2.05) is 59.5 Å². The molecule has 2 aliphatic rings. The summed E-state index contributed by atoms with van der Waals surface area (Å²) in [4.78, 5) is 19.7. The molecule has 2 fully saturated rings. The van der Waals surface area contributed by atoms with Crippen molar-refractivity contribution in [1.82, 2.24) is 15.1 Å². The summed E-state index contributed by atoms with van der Waals surface area (Å²) in [6.07, 6.45) is 1.69. The van der Waals surface area contributed by atoms with E-state index in [0.29, 0.717) is 0 Å². The zero-order chi connectivity index (χ0) is 24.2. The van der Waals surface area contributed by atoms with Gasteiger partial charge in [-0.3, -0.25) is 4.79 Å². The highest BCUT2D eigenvalue weighted by Gasteiger charge is 2.31. The van der Waals surface area contributed by atoms with Crippen molar-refractivity contribution >= 4 is 29.0 Å². The van der Waals surface area contributed by atoms with Gasteiger partial charge < -0.3 is 19.4 Å². The second kappa shape index (κ2) is 10.5. The van der Waals surface area contributed by atoms with Crippen LogP contribution in [0.4, 0.5) is 11.5 Å². The van der Waals surface area contributed by atoms with Gasteiger partial charge in [0.1, 0.15) is 5.75 Å². The normalized spacial score (nSPS) is 16.9. The van der Waals surface area contributed by atoms with E-state index in [1.165, 1.54) is 0 Å². The molecule has 182 valence electrons. The van der Waals surface area contributed by atoms with Crippen molar-refractivity contribution in [3.05, 3.63) is 65.7 Å². The van der Waals surface area contributed by atoms with Crippen LogP contribution < -0.4 is 14.5 Å². The van der Waals surface area contributed by atoms with Gasteiger partial charge in [0.25, 0.3) is 0 Å². The number of piperazine rings is 1. The molecule has 0 N–H and O–H groups in total. The second-order valence-electron chi connectivity index (χ2n) is 9.06. The number of aromatic nitrogens is 2. The SMILES string of the molecule is COc1ccc(-c2ccc(N3CCC(C(=O)N4CCN(c5cccc(Cl)c5)CC4)CC3)nn2)cc1. The van der Waals surface area contributed by atoms with Gasteiger partial charge in [0, 0.05) is 61.5 Å². The van der Waals surface area contributed by atoms with E-state index in [4.69, 9.17) is 16.3 Å². The van der Waals surface area contributed by atoms with E-state index in [2.05, 4.69) is 26.1 Å². The third-order valence-corrected chi connectivity index (χ3v) is 7.20. The lowest BCUT2D eigenvalue weighted by Gasteiger charge is -2.39. The molecule has 0 radical (unpaired) electrons. The Morgan fingerprint density at radius 2 is 1.63 bits per heavy atom. The number of ether oxygens (including phenoxy) is 1. The quantitative estimate of drug-likeness (QED) is 0.528. The maximum Gasteiger partial charge on any atom is 0.225 e. The molecular weight excluding hydrogens is 462 g/mol. The van der Waals surface area contributed by atoms with Crippen LogP contribution >= 0.6 is 11.6 Å². The van der Waals surface area contributed by atoms with Crippen molar-refractivity contribution in [2.45, 2.75) is 12.8 Å². The van der Waals surface area contributed by atoms with Gasteiger partial charge in [-0.15, -0.1) is 10.2 Å². The number of hydrogen-bond donors (Lipinski definition) is 0. The Labute approximate surface area is 211 Å². The van der Waals surface area contributed by atoms with E-state index in [9.17, 15) is 4.79 Å². The summed E-state index contributed by atoms with van der Waals surface area (Å²) >= 11 is 6.14. The molecule has 2 aliphatic heterocycles. The fraction of sp³-hybridized carbons (Fsp3) is 0.370. The van der Waals surface area contributed by atoms with Crippen molar-refractivity contribution in [2.24, 2.45) is 5.92 Å². The molecule has 0 atom stereocenters. The van der Waals surface area contributed by atoms with Crippen LogP contribution in [0, 0.1) is 5.92 Å². The molecule has 7 nitrogen and oxygen atoms in total. The number of carbonyl (C=O) groups is 1. The summed E-state index contributed by atoms with van der Waals surface area (Å²) in [7, 11) is 1.66. The minimum atomic E-state index is 0.0792. The summed E-state index contributed by atoms with van der Waals surface area (Å²) < 4.78 is 5.22. The minimum absolute atomic E-state index is 0.0792. The van der Waals surface area contributed by atoms with E-state index in [-0.39, 0.29) is 11.8 Å². The van der Waals surface area contributed by atoms with E-state index in [0.717, 1.165) is 85.6 Å². The van der Waals surface area contributed by atoms with Crippen LogP contribution in [0.25, 0.3) is 11.3 Å². The fourth-order valence-corrected chi connectivity index (χ4v) is 5.07. The number of piperidine rings is 1. The van der Waals surface area contributed by atoms with Gasteiger partial charge in [-0.05, 0) is 67.4 Å². The number of rotatable bonds is 5. The lowest BCUT2D eigenvalue weighted by Crippen LogP contribution is -2.51. The standard InChI is InChI=1S/C27H30ClN5O2/c1-35-24-7-5-20(6-8-24)25-9-10-26(30-29-25)32-13-11-21(12-14-32)27(34)33-17-15-31(16-18-33)23-4-2-3-22(28)19-23/h2-10,19,21H,11-18H2,1H3. The van der Waals surface area contributed by atoms with Crippen LogP contribution in [0.1, 0.15) is 12.8 Å². The molecule has 0 unspecified atom stereocenters. The highest BCUT2D eigenvalue weighted by atomic mass is 35.5. The number of methoxy groups -OCH3 is 1. The Morgan fingerprint density at radius 1 is 0.886 bits per heavy atom. The highest BCUT2D eigenvalue weighted by Crippen LogP contribution is 2.27. The summed E-state index contributed by atoms with van der Waals surface area (Å²) in [5.74, 6) is 2.05. The minimum Gasteiger partial charge on any atom is -0.497 e. The molecule has 1 aromatic heterocycles. The first-order valence-corrected chi connectivity index (χ1v) is 12.5. The number of halogens is 1. The lowest BCUT2D eigenvalue weighted by atomic mass is 9.95. The number of nitrogens with zero attached hydrogens (tertiary/aromatic N) is 5. The van der Waals surface area contributed by atoms with Gasteiger partial charge in [-0.1, -0.05) is 17.7 Å². The number of carbonyl (C=O) groups excluding carboxylic acids is 1. The molecule has 0 bridgehead atoms. The topological polar surface area (TPSA) is 61.8 Å². The van der Waals surface area contributed by atoms with Crippen LogP contribution in [0.5, 0.6) is 5.75 Å². The zero-order valence-electron chi connectivity index (χ0n) is 19.9. The molecule has 8 heteroatoms. The Morgan fingerprint density at radius 3 is 2.26 bits per heavy atom. The molecular formula is C27H30ClN5O2. The number of anilines is 2. The average molecular weight is 492 g/mol. The van der Waals surface area contributed by atoms with E-state index < -0.39 is 0 Å². The van der Waals surface area contributed by atoms with Gasteiger partial charge in [-0.25, -0.2) is 0 Å². The van der Waals surface area contributed by atoms with Crippen LogP contribution in [0.15, 0.2) is 60.7 Å². The maximum absolute atomic E-state index is 13.2. The summed E-state index contributed by atoms with van der Waals surface area (Å²) in [6.45, 7) is 4.81. The predicted octanol–water partition coefficient (Wildman–Crippen LogP) is 4.37. The number of hydrogen-bond acceptors (Lipinski definition) is 6. The maximum atomic E-state index is 13.2. The van der Waals surface area contributed by atoms with Crippen LogP contribution in [-0.2, 0) is 4.79 Å². The smallest absolute Gasteiger partial charge is 0.225 e.